The molecule has 0 aliphatic heterocycles. The van der Waals surface area contributed by atoms with E-state index in [1.54, 1.807) is 21.1 Å². The maximum atomic E-state index is 11.5. The predicted molar refractivity (Wildman–Crippen MR) is 65.2 cm³/mol. The fourth-order valence-corrected chi connectivity index (χ4v) is 4.21. The average molecular weight is 246 g/mol. The third-order valence-corrected chi connectivity index (χ3v) is 6.52. The number of carbonyl (C=O) groups excluding carboxylic acids is 1. The number of ether oxygens (including phenoxy) is 1. The van der Waals surface area contributed by atoms with Gasteiger partial charge in [-0.1, -0.05) is 20.4 Å². The molecule has 5 heteroatoms. The molecule has 0 aromatic carbocycles. The molecule has 16 heavy (non-hydrogen) atoms. The van der Waals surface area contributed by atoms with Gasteiger partial charge >= 0.3 is 14.5 Å². The Morgan fingerprint density at radius 1 is 1.31 bits per heavy atom. The van der Waals surface area contributed by atoms with Crippen molar-refractivity contribution in [1.82, 2.24) is 0 Å². The molecule has 0 aliphatic carbocycles. The minimum absolute atomic E-state index is 0.295. The average Bonchev–Trinajstić information content (AvgIpc) is 2.29. The molecule has 4 nitrogen and oxygen atoms in total. The van der Waals surface area contributed by atoms with Crippen LogP contribution < -0.4 is 0 Å². The molecule has 0 fully saturated rings. The molecular formula is C11H22O4Si. The van der Waals surface area contributed by atoms with Crippen molar-refractivity contribution in [1.29, 1.82) is 0 Å². The molecule has 0 amide bonds. The van der Waals surface area contributed by atoms with Crippen LogP contribution >= 0.6 is 0 Å². The normalized spacial score (nSPS) is 13.3. The molecule has 1 unspecified atom stereocenters. The Hall–Kier alpha value is -0.653. The third-order valence-electron chi connectivity index (χ3n) is 2.64. The fraction of sp³-hybridized carbons (Fsp3) is 0.727. The summed E-state index contributed by atoms with van der Waals surface area (Å²) in [4.78, 5) is 11.5. The number of rotatable bonds is 7. The van der Waals surface area contributed by atoms with Crippen molar-refractivity contribution in [3.05, 3.63) is 12.2 Å². The summed E-state index contributed by atoms with van der Waals surface area (Å²) in [7, 11) is 0.776. The van der Waals surface area contributed by atoms with Gasteiger partial charge in [-0.15, -0.1) is 0 Å². The first-order valence-corrected chi connectivity index (χ1v) is 7.54. The lowest BCUT2D eigenvalue weighted by molar-refractivity contribution is -0.142. The van der Waals surface area contributed by atoms with Crippen molar-refractivity contribution in [2.24, 2.45) is 0 Å². The summed E-state index contributed by atoms with van der Waals surface area (Å²) in [6.45, 7) is 9.12. The zero-order chi connectivity index (χ0) is 12.8. The van der Waals surface area contributed by atoms with Crippen molar-refractivity contribution < 1.29 is 18.4 Å². The van der Waals surface area contributed by atoms with E-state index in [1.165, 1.54) is 0 Å². The Labute approximate surface area is 98.8 Å². The Morgan fingerprint density at radius 3 is 2.06 bits per heavy atom. The van der Waals surface area contributed by atoms with Crippen LogP contribution in [0.5, 0.6) is 0 Å². The highest BCUT2D eigenvalue weighted by Gasteiger charge is 2.44. The molecule has 94 valence electrons. The maximum Gasteiger partial charge on any atom is 0.379 e. The summed E-state index contributed by atoms with van der Waals surface area (Å²) < 4.78 is 16.3. The molecule has 0 radical (unpaired) electrons. The van der Waals surface area contributed by atoms with E-state index in [9.17, 15) is 4.79 Å². The lowest BCUT2D eigenvalue weighted by Gasteiger charge is -2.33. The zero-order valence-electron chi connectivity index (χ0n) is 10.8. The molecule has 0 heterocycles. The molecule has 0 rings (SSSR count). The quantitative estimate of drug-likeness (QED) is 0.392. The van der Waals surface area contributed by atoms with Crippen molar-refractivity contribution in [3.8, 4) is 0 Å². The van der Waals surface area contributed by atoms with E-state index < -0.39 is 8.56 Å². The van der Waals surface area contributed by atoms with Crippen LogP contribution in [0.4, 0.5) is 0 Å². The maximum absolute atomic E-state index is 11.5. The van der Waals surface area contributed by atoms with Crippen molar-refractivity contribution >= 4 is 14.5 Å². The molecule has 0 aliphatic rings. The van der Waals surface area contributed by atoms with Crippen molar-refractivity contribution in [2.75, 3.05) is 14.2 Å². The summed E-state index contributed by atoms with van der Waals surface area (Å²) in [6.07, 6.45) is 0.681. The largest absolute Gasteiger partial charge is 0.457 e. The molecule has 0 aromatic heterocycles. The summed E-state index contributed by atoms with van der Waals surface area (Å²) >= 11 is 0. The van der Waals surface area contributed by atoms with E-state index in [0.29, 0.717) is 12.0 Å². The van der Waals surface area contributed by atoms with Crippen molar-refractivity contribution in [2.45, 2.75) is 39.0 Å². The van der Waals surface area contributed by atoms with Gasteiger partial charge in [-0.2, -0.15) is 0 Å². The van der Waals surface area contributed by atoms with E-state index in [0.717, 1.165) is 6.04 Å². The Bertz CT molecular complexity index is 240. The van der Waals surface area contributed by atoms with E-state index in [-0.39, 0.29) is 11.7 Å². The van der Waals surface area contributed by atoms with Crippen molar-refractivity contribution in [3.63, 3.8) is 0 Å². The monoisotopic (exact) mass is 246 g/mol. The van der Waals surface area contributed by atoms with Crippen LogP contribution in [-0.2, 0) is 18.4 Å². The van der Waals surface area contributed by atoms with Crippen LogP contribution in [0.2, 0.25) is 6.04 Å². The SMILES string of the molecule is C=C(C)C(=O)OC(CC)[Si](CC)(OC)OC. The second kappa shape index (κ2) is 6.83. The van der Waals surface area contributed by atoms with Crippen LogP contribution in [0.15, 0.2) is 12.2 Å². The molecule has 0 aromatic rings. The van der Waals surface area contributed by atoms with Gasteiger partial charge in [0.05, 0.1) is 0 Å². The van der Waals surface area contributed by atoms with Crippen LogP contribution in [0.25, 0.3) is 0 Å². The van der Waals surface area contributed by atoms with Gasteiger partial charge in [-0.3, -0.25) is 0 Å². The third kappa shape index (κ3) is 3.43. The minimum atomic E-state index is -2.44. The lowest BCUT2D eigenvalue weighted by Crippen LogP contribution is -2.53. The first kappa shape index (κ1) is 15.3. The van der Waals surface area contributed by atoms with E-state index in [1.807, 2.05) is 13.8 Å². The van der Waals surface area contributed by atoms with Gasteiger partial charge < -0.3 is 13.6 Å². The Kier molecular flexibility index (Phi) is 6.55. The summed E-state index contributed by atoms with van der Waals surface area (Å²) in [5.74, 6) is -0.383. The molecule has 0 bridgehead atoms. The van der Waals surface area contributed by atoms with Crippen LogP contribution in [-0.4, -0.2) is 34.5 Å². The highest BCUT2D eigenvalue weighted by atomic mass is 28.4. The standard InChI is InChI=1S/C11H22O4Si/c1-7-10(15-11(12)9(3)4)16(8-2,13-5)14-6/h10H,3,7-8H2,1-2,4-6H3. The van der Waals surface area contributed by atoms with Crippen LogP contribution in [0.3, 0.4) is 0 Å². The zero-order valence-corrected chi connectivity index (χ0v) is 11.8. The smallest absolute Gasteiger partial charge is 0.379 e. The number of esters is 1. The highest BCUT2D eigenvalue weighted by molar-refractivity contribution is 6.68. The first-order valence-electron chi connectivity index (χ1n) is 5.44. The minimum Gasteiger partial charge on any atom is -0.457 e. The molecule has 0 N–H and O–H groups in total. The summed E-state index contributed by atoms with van der Waals surface area (Å²) in [5.41, 5.74) is 0.0985. The second-order valence-corrected chi connectivity index (χ2v) is 7.45. The first-order chi connectivity index (χ1) is 7.47. The van der Waals surface area contributed by atoms with Gasteiger partial charge in [0.15, 0.2) is 0 Å². The van der Waals surface area contributed by atoms with Gasteiger partial charge in [0.25, 0.3) is 0 Å². The van der Waals surface area contributed by atoms with Gasteiger partial charge in [-0.25, -0.2) is 4.79 Å². The molecular weight excluding hydrogens is 224 g/mol. The predicted octanol–water partition coefficient (Wildman–Crippen LogP) is 2.18. The number of hydrogen-bond acceptors (Lipinski definition) is 4. The molecule has 0 saturated carbocycles. The lowest BCUT2D eigenvalue weighted by atomic mass is 10.4. The van der Waals surface area contributed by atoms with E-state index in [4.69, 9.17) is 13.6 Å². The number of hydrogen-bond donors (Lipinski definition) is 0. The van der Waals surface area contributed by atoms with Crippen LogP contribution in [0, 0.1) is 0 Å². The Balaban J connectivity index is 4.81. The van der Waals surface area contributed by atoms with E-state index in [2.05, 4.69) is 6.58 Å². The summed E-state index contributed by atoms with van der Waals surface area (Å²) in [5, 5.41) is 0. The molecule has 1 atom stereocenters. The molecule has 0 spiro atoms. The fourth-order valence-electron chi connectivity index (χ4n) is 1.58. The molecule has 0 saturated heterocycles. The van der Waals surface area contributed by atoms with Gasteiger partial charge in [0, 0.05) is 19.8 Å². The van der Waals surface area contributed by atoms with Gasteiger partial charge in [0.2, 0.25) is 0 Å². The van der Waals surface area contributed by atoms with E-state index >= 15 is 0 Å². The Morgan fingerprint density at radius 2 is 1.81 bits per heavy atom. The second-order valence-electron chi connectivity index (χ2n) is 3.66. The van der Waals surface area contributed by atoms with Crippen LogP contribution in [0.1, 0.15) is 27.2 Å². The highest BCUT2D eigenvalue weighted by Crippen LogP contribution is 2.22. The van der Waals surface area contributed by atoms with Gasteiger partial charge in [0.1, 0.15) is 5.73 Å². The van der Waals surface area contributed by atoms with Gasteiger partial charge in [-0.05, 0) is 19.4 Å². The number of carbonyl (C=O) groups is 1. The topological polar surface area (TPSA) is 44.8 Å². The summed E-state index contributed by atoms with van der Waals surface area (Å²) in [6, 6.07) is 0.738.